The van der Waals surface area contributed by atoms with Crippen LogP contribution in [0.1, 0.15) is 12.7 Å². The van der Waals surface area contributed by atoms with E-state index < -0.39 is 9.84 Å². The van der Waals surface area contributed by atoms with Crippen LogP contribution < -0.4 is 5.32 Å². The highest BCUT2D eigenvalue weighted by molar-refractivity contribution is 7.99. The van der Waals surface area contributed by atoms with E-state index in [0.717, 1.165) is 22.3 Å². The number of anilines is 1. The van der Waals surface area contributed by atoms with E-state index in [0.29, 0.717) is 10.7 Å². The first kappa shape index (κ1) is 15.8. The lowest BCUT2D eigenvalue weighted by Gasteiger charge is -2.07. The fourth-order valence-electron chi connectivity index (χ4n) is 1.74. The van der Waals surface area contributed by atoms with Gasteiger partial charge < -0.3 is 5.32 Å². The van der Waals surface area contributed by atoms with Crippen LogP contribution in [0.4, 0.5) is 5.82 Å². The molecule has 0 radical (unpaired) electrons. The van der Waals surface area contributed by atoms with Crippen LogP contribution in [0.15, 0.2) is 45.1 Å². The molecule has 0 bridgehead atoms. The number of nitrogens with one attached hydrogen (secondary N) is 1. The van der Waals surface area contributed by atoms with Gasteiger partial charge in [0, 0.05) is 23.8 Å². The lowest BCUT2D eigenvalue weighted by atomic mass is 10.4. The van der Waals surface area contributed by atoms with Crippen molar-refractivity contribution in [3.8, 4) is 0 Å². The molecule has 2 aromatic rings. The van der Waals surface area contributed by atoms with Gasteiger partial charge in [-0.25, -0.2) is 18.4 Å². The number of aryl methyl sites for hydroxylation is 1. The van der Waals surface area contributed by atoms with Gasteiger partial charge in [0.1, 0.15) is 16.7 Å². The Kier molecular flexibility index (Phi) is 4.84. The zero-order chi connectivity index (χ0) is 15.5. The molecule has 0 saturated carbocycles. The van der Waals surface area contributed by atoms with E-state index in [2.05, 4.69) is 15.3 Å². The minimum absolute atomic E-state index is 0.319. The number of benzene rings is 1. The Balaban J connectivity index is 2.22. The van der Waals surface area contributed by atoms with E-state index in [1.807, 2.05) is 19.9 Å². The molecule has 21 heavy (non-hydrogen) atoms. The van der Waals surface area contributed by atoms with Crippen molar-refractivity contribution in [1.82, 2.24) is 9.97 Å². The summed E-state index contributed by atoms with van der Waals surface area (Å²) in [5, 5.41) is 3.98. The maximum atomic E-state index is 11.4. The van der Waals surface area contributed by atoms with Crippen LogP contribution in [0.3, 0.4) is 0 Å². The molecule has 1 aromatic heterocycles. The highest BCUT2D eigenvalue weighted by Gasteiger charge is 2.08. The van der Waals surface area contributed by atoms with Gasteiger partial charge in [-0.3, -0.25) is 0 Å². The topological polar surface area (TPSA) is 72.0 Å². The number of nitrogens with zero attached hydrogens (tertiary/aromatic N) is 2. The number of hydrogen-bond donors (Lipinski definition) is 1. The molecule has 5 nitrogen and oxygen atoms in total. The summed E-state index contributed by atoms with van der Waals surface area (Å²) in [4.78, 5) is 9.92. The van der Waals surface area contributed by atoms with Crippen molar-refractivity contribution in [3.63, 3.8) is 0 Å². The molecule has 0 spiro atoms. The van der Waals surface area contributed by atoms with Gasteiger partial charge in [0.05, 0.1) is 4.90 Å². The molecule has 0 fully saturated rings. The molecule has 1 heterocycles. The Bertz CT molecular complexity index is 728. The third kappa shape index (κ3) is 4.44. The first-order chi connectivity index (χ1) is 9.88. The van der Waals surface area contributed by atoms with Gasteiger partial charge in [0.2, 0.25) is 0 Å². The van der Waals surface area contributed by atoms with Crippen LogP contribution in [-0.4, -0.2) is 31.2 Å². The average molecular weight is 323 g/mol. The molecule has 0 aliphatic rings. The van der Waals surface area contributed by atoms with E-state index in [9.17, 15) is 8.42 Å². The van der Waals surface area contributed by atoms with Crippen LogP contribution in [0, 0.1) is 6.92 Å². The molecular formula is C14H17N3O2S2. The summed E-state index contributed by atoms with van der Waals surface area (Å²) >= 11 is 1.48. The van der Waals surface area contributed by atoms with E-state index in [1.54, 1.807) is 24.3 Å². The van der Waals surface area contributed by atoms with E-state index in [-0.39, 0.29) is 0 Å². The fraction of sp³-hybridized carbons (Fsp3) is 0.286. The largest absolute Gasteiger partial charge is 0.370 e. The summed E-state index contributed by atoms with van der Waals surface area (Å²) in [5.41, 5.74) is 0. The first-order valence-corrected chi connectivity index (χ1v) is 9.17. The minimum atomic E-state index is -3.16. The maximum Gasteiger partial charge on any atom is 0.175 e. The molecule has 0 aliphatic carbocycles. The van der Waals surface area contributed by atoms with Gasteiger partial charge >= 0.3 is 0 Å². The predicted molar refractivity (Wildman–Crippen MR) is 84.6 cm³/mol. The Hall–Kier alpha value is -1.60. The second kappa shape index (κ2) is 6.44. The van der Waals surface area contributed by atoms with E-state index in [1.165, 1.54) is 18.0 Å². The second-order valence-electron chi connectivity index (χ2n) is 4.51. The third-order valence-corrected chi connectivity index (χ3v) is 4.70. The fourth-order valence-corrected chi connectivity index (χ4v) is 3.23. The van der Waals surface area contributed by atoms with Crippen LogP contribution in [0.2, 0.25) is 0 Å². The number of rotatable bonds is 5. The zero-order valence-electron chi connectivity index (χ0n) is 12.1. The molecule has 1 N–H and O–H groups in total. The molecule has 0 unspecified atom stereocenters. The Morgan fingerprint density at radius 3 is 2.43 bits per heavy atom. The predicted octanol–water partition coefficient (Wildman–Crippen LogP) is 2.77. The number of sulfone groups is 1. The molecular weight excluding hydrogens is 306 g/mol. The van der Waals surface area contributed by atoms with Gasteiger partial charge in [-0.05, 0) is 38.1 Å². The van der Waals surface area contributed by atoms with Gasteiger partial charge in [0.25, 0.3) is 0 Å². The van der Waals surface area contributed by atoms with Crippen molar-refractivity contribution in [1.29, 1.82) is 0 Å². The van der Waals surface area contributed by atoms with Gasteiger partial charge in [-0.15, -0.1) is 0 Å². The minimum Gasteiger partial charge on any atom is -0.370 e. The SMILES string of the molecule is CCNc1cc(Sc2ccc(S(C)(=O)=O)cc2)nc(C)n1. The van der Waals surface area contributed by atoms with Crippen molar-refractivity contribution >= 4 is 27.4 Å². The highest BCUT2D eigenvalue weighted by atomic mass is 32.2. The van der Waals surface area contributed by atoms with Crippen LogP contribution in [0.5, 0.6) is 0 Å². The van der Waals surface area contributed by atoms with E-state index in [4.69, 9.17) is 0 Å². The lowest BCUT2D eigenvalue weighted by molar-refractivity contribution is 0.602. The molecule has 0 amide bonds. The Morgan fingerprint density at radius 1 is 1.19 bits per heavy atom. The van der Waals surface area contributed by atoms with Crippen LogP contribution >= 0.6 is 11.8 Å². The third-order valence-electron chi connectivity index (χ3n) is 2.65. The highest BCUT2D eigenvalue weighted by Crippen LogP contribution is 2.28. The number of aromatic nitrogens is 2. The monoisotopic (exact) mass is 323 g/mol. The maximum absolute atomic E-state index is 11.4. The van der Waals surface area contributed by atoms with Crippen LogP contribution in [0.25, 0.3) is 0 Å². The van der Waals surface area contributed by atoms with Crippen LogP contribution in [-0.2, 0) is 9.84 Å². The molecule has 0 saturated heterocycles. The lowest BCUT2D eigenvalue weighted by Crippen LogP contribution is -2.02. The van der Waals surface area contributed by atoms with Gasteiger partial charge in [0.15, 0.2) is 9.84 Å². The average Bonchev–Trinajstić information content (AvgIpc) is 2.38. The summed E-state index contributed by atoms with van der Waals surface area (Å²) in [6.07, 6.45) is 1.20. The standard InChI is InChI=1S/C14H17N3O2S2/c1-4-15-13-9-14(17-10(2)16-13)20-11-5-7-12(8-6-11)21(3,18)19/h5-9H,4H2,1-3H3,(H,15,16,17). The zero-order valence-corrected chi connectivity index (χ0v) is 13.8. The van der Waals surface area contributed by atoms with Crippen molar-refractivity contribution in [2.75, 3.05) is 18.1 Å². The summed E-state index contributed by atoms with van der Waals surface area (Å²) in [6, 6.07) is 8.66. The molecule has 1 aromatic carbocycles. The summed E-state index contributed by atoms with van der Waals surface area (Å²) in [5.74, 6) is 1.49. The quantitative estimate of drug-likeness (QED) is 0.853. The summed E-state index contributed by atoms with van der Waals surface area (Å²) in [7, 11) is -3.16. The normalized spacial score (nSPS) is 11.4. The van der Waals surface area contributed by atoms with Crippen molar-refractivity contribution in [2.45, 2.75) is 28.7 Å². The second-order valence-corrected chi connectivity index (χ2v) is 7.62. The molecule has 7 heteroatoms. The number of hydrogen-bond acceptors (Lipinski definition) is 6. The van der Waals surface area contributed by atoms with Crippen molar-refractivity contribution < 1.29 is 8.42 Å². The summed E-state index contributed by atoms with van der Waals surface area (Å²) in [6.45, 7) is 4.65. The first-order valence-electron chi connectivity index (χ1n) is 6.46. The Morgan fingerprint density at radius 2 is 1.86 bits per heavy atom. The Labute approximate surface area is 129 Å². The molecule has 2 rings (SSSR count). The smallest absolute Gasteiger partial charge is 0.175 e. The van der Waals surface area contributed by atoms with Crippen molar-refractivity contribution in [2.24, 2.45) is 0 Å². The van der Waals surface area contributed by atoms with Gasteiger partial charge in [-0.2, -0.15) is 0 Å². The molecule has 112 valence electrons. The van der Waals surface area contributed by atoms with Crippen molar-refractivity contribution in [3.05, 3.63) is 36.2 Å². The molecule has 0 aliphatic heterocycles. The van der Waals surface area contributed by atoms with E-state index >= 15 is 0 Å². The summed E-state index contributed by atoms with van der Waals surface area (Å²) < 4.78 is 22.9. The van der Waals surface area contributed by atoms with Gasteiger partial charge in [-0.1, -0.05) is 11.8 Å². The molecule has 0 atom stereocenters.